The molecule has 11 heavy (non-hydrogen) atoms. The van der Waals surface area contributed by atoms with E-state index in [9.17, 15) is 0 Å². The Hall–Kier alpha value is -0.630. The molecule has 1 unspecified atom stereocenters. The molecule has 0 heterocycles. The standard InChI is InChI=1S/C9H17NO/c1-4-6-11-8-9(5-2)7-10-3/h4,7,9H,1,5-6,8H2,2-3H3. The summed E-state index contributed by atoms with van der Waals surface area (Å²) in [4.78, 5) is 3.95. The SMILES string of the molecule is C=CCOCC(C=NC)CC. The van der Waals surface area contributed by atoms with Crippen LogP contribution in [0.1, 0.15) is 13.3 Å². The summed E-state index contributed by atoms with van der Waals surface area (Å²) in [5, 5.41) is 0. The first-order valence-corrected chi connectivity index (χ1v) is 3.96. The molecule has 0 rings (SSSR count). The second-order valence-electron chi connectivity index (χ2n) is 2.40. The summed E-state index contributed by atoms with van der Waals surface area (Å²) >= 11 is 0. The van der Waals surface area contributed by atoms with Gasteiger partial charge >= 0.3 is 0 Å². The average molecular weight is 155 g/mol. The van der Waals surface area contributed by atoms with E-state index in [2.05, 4.69) is 18.5 Å². The Bertz CT molecular complexity index is 121. The van der Waals surface area contributed by atoms with Crippen molar-refractivity contribution in [3.8, 4) is 0 Å². The van der Waals surface area contributed by atoms with Crippen molar-refractivity contribution in [1.82, 2.24) is 0 Å². The molecule has 0 aromatic rings. The van der Waals surface area contributed by atoms with E-state index in [4.69, 9.17) is 4.74 Å². The van der Waals surface area contributed by atoms with Crippen molar-refractivity contribution in [1.29, 1.82) is 0 Å². The van der Waals surface area contributed by atoms with Crippen LogP contribution in [0.15, 0.2) is 17.6 Å². The topological polar surface area (TPSA) is 21.6 Å². The Morgan fingerprint density at radius 2 is 2.36 bits per heavy atom. The summed E-state index contributed by atoms with van der Waals surface area (Å²) in [5.74, 6) is 0.458. The summed E-state index contributed by atoms with van der Waals surface area (Å²) in [6.07, 6.45) is 4.77. The molecule has 0 aromatic carbocycles. The fourth-order valence-corrected chi connectivity index (χ4v) is 0.780. The van der Waals surface area contributed by atoms with Crippen LogP contribution in [0.2, 0.25) is 0 Å². The largest absolute Gasteiger partial charge is 0.377 e. The molecule has 0 amide bonds. The van der Waals surface area contributed by atoms with Gasteiger partial charge in [-0.05, 0) is 6.42 Å². The van der Waals surface area contributed by atoms with Gasteiger partial charge in [-0.3, -0.25) is 0 Å². The van der Waals surface area contributed by atoms with Crippen LogP contribution in [-0.2, 0) is 4.74 Å². The van der Waals surface area contributed by atoms with Crippen molar-refractivity contribution in [3.63, 3.8) is 0 Å². The molecule has 64 valence electrons. The van der Waals surface area contributed by atoms with Crippen molar-refractivity contribution in [2.75, 3.05) is 20.3 Å². The maximum absolute atomic E-state index is 5.28. The molecule has 1 atom stereocenters. The second kappa shape index (κ2) is 7.48. The number of hydrogen-bond acceptors (Lipinski definition) is 2. The fraction of sp³-hybridized carbons (Fsp3) is 0.667. The van der Waals surface area contributed by atoms with Gasteiger partial charge in [0.2, 0.25) is 0 Å². The molecule has 0 bridgehead atoms. The van der Waals surface area contributed by atoms with Crippen molar-refractivity contribution in [3.05, 3.63) is 12.7 Å². The lowest BCUT2D eigenvalue weighted by molar-refractivity contribution is 0.143. The molecule has 0 N–H and O–H groups in total. The van der Waals surface area contributed by atoms with Crippen LogP contribution in [0, 0.1) is 5.92 Å². The summed E-state index contributed by atoms with van der Waals surface area (Å²) in [6.45, 7) is 7.08. The summed E-state index contributed by atoms with van der Waals surface area (Å²) in [6, 6.07) is 0. The first kappa shape index (κ1) is 10.4. The summed E-state index contributed by atoms with van der Waals surface area (Å²) < 4.78 is 5.28. The predicted octanol–water partition coefficient (Wildman–Crippen LogP) is 1.92. The van der Waals surface area contributed by atoms with E-state index in [1.165, 1.54) is 0 Å². The summed E-state index contributed by atoms with van der Waals surface area (Å²) in [5.41, 5.74) is 0. The zero-order valence-electron chi connectivity index (χ0n) is 7.42. The van der Waals surface area contributed by atoms with Gasteiger partial charge in [-0.1, -0.05) is 13.0 Å². The molecular weight excluding hydrogens is 138 g/mol. The van der Waals surface area contributed by atoms with E-state index in [-0.39, 0.29) is 0 Å². The lowest BCUT2D eigenvalue weighted by atomic mass is 10.1. The van der Waals surface area contributed by atoms with Gasteiger partial charge in [0.15, 0.2) is 0 Å². The fourth-order valence-electron chi connectivity index (χ4n) is 0.780. The van der Waals surface area contributed by atoms with Crippen molar-refractivity contribution < 1.29 is 4.74 Å². The third kappa shape index (κ3) is 5.80. The van der Waals surface area contributed by atoms with Gasteiger partial charge in [-0.25, -0.2) is 0 Å². The number of aliphatic imine (C=N–C) groups is 1. The molecular formula is C9H17NO. The van der Waals surface area contributed by atoms with Crippen molar-refractivity contribution in [2.24, 2.45) is 10.9 Å². The van der Waals surface area contributed by atoms with Crippen LogP contribution in [0.25, 0.3) is 0 Å². The molecule has 0 saturated heterocycles. The van der Waals surface area contributed by atoms with E-state index in [0.717, 1.165) is 13.0 Å². The highest BCUT2D eigenvalue weighted by atomic mass is 16.5. The highest BCUT2D eigenvalue weighted by Crippen LogP contribution is 1.99. The van der Waals surface area contributed by atoms with Crippen LogP contribution in [0.5, 0.6) is 0 Å². The lowest BCUT2D eigenvalue weighted by Gasteiger charge is -2.07. The van der Waals surface area contributed by atoms with E-state index >= 15 is 0 Å². The number of hydrogen-bond donors (Lipinski definition) is 0. The maximum Gasteiger partial charge on any atom is 0.0645 e. The van der Waals surface area contributed by atoms with E-state index < -0.39 is 0 Å². The molecule has 0 aromatic heterocycles. The quantitative estimate of drug-likeness (QED) is 0.326. The molecule has 0 aliphatic heterocycles. The molecule has 0 aliphatic carbocycles. The van der Waals surface area contributed by atoms with Gasteiger partial charge in [0, 0.05) is 19.2 Å². The van der Waals surface area contributed by atoms with E-state index in [1.807, 2.05) is 6.21 Å². The monoisotopic (exact) mass is 155 g/mol. The highest BCUT2D eigenvalue weighted by molar-refractivity contribution is 5.60. The molecule has 0 spiro atoms. The van der Waals surface area contributed by atoms with E-state index in [0.29, 0.717) is 12.5 Å². The normalized spacial score (nSPS) is 13.6. The number of rotatable bonds is 6. The third-order valence-corrected chi connectivity index (χ3v) is 1.45. The first-order chi connectivity index (χ1) is 5.35. The Balaban J connectivity index is 3.43. The highest BCUT2D eigenvalue weighted by Gasteiger charge is 2.00. The van der Waals surface area contributed by atoms with Crippen molar-refractivity contribution in [2.45, 2.75) is 13.3 Å². The minimum absolute atomic E-state index is 0.458. The number of nitrogens with zero attached hydrogens (tertiary/aromatic N) is 1. The van der Waals surface area contributed by atoms with Gasteiger partial charge in [0.25, 0.3) is 0 Å². The maximum atomic E-state index is 5.28. The minimum atomic E-state index is 0.458. The number of ether oxygens (including phenoxy) is 1. The third-order valence-electron chi connectivity index (χ3n) is 1.45. The van der Waals surface area contributed by atoms with Crippen LogP contribution < -0.4 is 0 Å². The predicted molar refractivity (Wildman–Crippen MR) is 49.2 cm³/mol. The van der Waals surface area contributed by atoms with Gasteiger partial charge < -0.3 is 9.73 Å². The Kier molecular flexibility index (Phi) is 7.05. The van der Waals surface area contributed by atoms with Crippen LogP contribution >= 0.6 is 0 Å². The lowest BCUT2D eigenvalue weighted by Crippen LogP contribution is -2.09. The molecule has 0 radical (unpaired) electrons. The zero-order valence-corrected chi connectivity index (χ0v) is 7.42. The molecule has 0 saturated carbocycles. The minimum Gasteiger partial charge on any atom is -0.377 e. The molecule has 0 aliphatic rings. The van der Waals surface area contributed by atoms with Gasteiger partial charge in [-0.15, -0.1) is 6.58 Å². The molecule has 2 nitrogen and oxygen atoms in total. The molecule has 0 fully saturated rings. The summed E-state index contributed by atoms with van der Waals surface area (Å²) in [7, 11) is 1.79. The van der Waals surface area contributed by atoms with E-state index in [1.54, 1.807) is 13.1 Å². The first-order valence-electron chi connectivity index (χ1n) is 3.96. The Labute approximate surface area is 69.0 Å². The van der Waals surface area contributed by atoms with Gasteiger partial charge in [0.1, 0.15) is 0 Å². The van der Waals surface area contributed by atoms with Gasteiger partial charge in [-0.2, -0.15) is 0 Å². The Morgan fingerprint density at radius 1 is 1.64 bits per heavy atom. The zero-order chi connectivity index (χ0) is 8.53. The van der Waals surface area contributed by atoms with Crippen molar-refractivity contribution >= 4 is 6.21 Å². The van der Waals surface area contributed by atoms with Gasteiger partial charge in [0.05, 0.1) is 13.2 Å². The van der Waals surface area contributed by atoms with Crippen LogP contribution in [0.4, 0.5) is 0 Å². The van der Waals surface area contributed by atoms with Crippen LogP contribution in [0.3, 0.4) is 0 Å². The smallest absolute Gasteiger partial charge is 0.0645 e. The second-order valence-corrected chi connectivity index (χ2v) is 2.40. The molecule has 2 heteroatoms. The van der Waals surface area contributed by atoms with Crippen LogP contribution in [-0.4, -0.2) is 26.5 Å². The Morgan fingerprint density at radius 3 is 2.82 bits per heavy atom. The average Bonchev–Trinajstić information content (AvgIpc) is 2.03.